The topological polar surface area (TPSA) is 88.5 Å². The van der Waals surface area contributed by atoms with Crippen LogP contribution in [0.2, 0.25) is 0 Å². The minimum absolute atomic E-state index is 0.134. The van der Waals surface area contributed by atoms with Gasteiger partial charge in [-0.3, -0.25) is 0 Å². The van der Waals surface area contributed by atoms with Crippen LogP contribution in [-0.2, 0) is 9.53 Å². The molecule has 20 heavy (non-hydrogen) atoms. The highest BCUT2D eigenvalue weighted by molar-refractivity contribution is 6.08. The molecule has 0 aliphatic heterocycles. The normalized spacial score (nSPS) is 11.9. The monoisotopic (exact) mass is 274 g/mol. The van der Waals surface area contributed by atoms with E-state index in [-0.39, 0.29) is 5.56 Å². The van der Waals surface area contributed by atoms with Crippen molar-refractivity contribution in [2.24, 2.45) is 0 Å². The molecule has 1 aromatic heterocycles. The van der Waals surface area contributed by atoms with Crippen LogP contribution in [0.3, 0.4) is 0 Å². The van der Waals surface area contributed by atoms with E-state index in [0.29, 0.717) is 11.2 Å². The average Bonchev–Trinajstić information content (AvgIpc) is 2.45. The lowest BCUT2D eigenvalue weighted by molar-refractivity contribution is -0.141. The van der Waals surface area contributed by atoms with Crippen molar-refractivity contribution in [2.45, 2.75) is 13.0 Å². The number of hydrogen-bond acceptors (Lipinski definition) is 5. The van der Waals surface area contributed by atoms with Crippen molar-refractivity contribution >= 4 is 28.5 Å². The number of aromatic carboxylic acids is 1. The number of carboxylic acid groups (broad SMARTS) is 1. The quantitative estimate of drug-likeness (QED) is 0.828. The lowest BCUT2D eigenvalue weighted by Crippen LogP contribution is -2.27. The average molecular weight is 274 g/mol. The summed E-state index contributed by atoms with van der Waals surface area (Å²) in [6.45, 7) is 1.62. The molecule has 6 heteroatoms. The molecule has 1 heterocycles. The van der Waals surface area contributed by atoms with Gasteiger partial charge in [0.2, 0.25) is 0 Å². The van der Waals surface area contributed by atoms with Crippen molar-refractivity contribution in [3.63, 3.8) is 0 Å². The van der Waals surface area contributed by atoms with Crippen molar-refractivity contribution in [1.82, 2.24) is 4.98 Å². The molecule has 2 rings (SSSR count). The highest BCUT2D eigenvalue weighted by atomic mass is 16.5. The predicted octanol–water partition coefficient (Wildman–Crippen LogP) is 1.91. The molecule has 0 saturated heterocycles. The summed E-state index contributed by atoms with van der Waals surface area (Å²) in [4.78, 5) is 26.9. The van der Waals surface area contributed by atoms with Crippen LogP contribution >= 0.6 is 0 Å². The van der Waals surface area contributed by atoms with Crippen molar-refractivity contribution < 1.29 is 19.4 Å². The van der Waals surface area contributed by atoms with E-state index in [0.717, 1.165) is 5.39 Å². The molecule has 1 unspecified atom stereocenters. The van der Waals surface area contributed by atoms with E-state index in [1.165, 1.54) is 13.2 Å². The number of nitrogens with zero attached hydrogens (tertiary/aromatic N) is 1. The molecule has 0 amide bonds. The van der Waals surface area contributed by atoms with E-state index in [1.54, 1.807) is 31.3 Å². The lowest BCUT2D eigenvalue weighted by atomic mass is 10.1. The summed E-state index contributed by atoms with van der Waals surface area (Å²) in [5.74, 6) is -1.15. The maximum atomic E-state index is 11.4. The summed E-state index contributed by atoms with van der Waals surface area (Å²) in [7, 11) is 1.29. The number of esters is 1. The molecular formula is C14H14N2O4. The number of ether oxygens (including phenoxy) is 1. The van der Waals surface area contributed by atoms with Gasteiger partial charge in [0.1, 0.15) is 11.9 Å². The summed E-state index contributed by atoms with van der Waals surface area (Å²) >= 11 is 0. The van der Waals surface area contributed by atoms with Gasteiger partial charge < -0.3 is 15.2 Å². The zero-order valence-electron chi connectivity index (χ0n) is 11.1. The third-order valence-corrected chi connectivity index (χ3v) is 2.93. The summed E-state index contributed by atoms with van der Waals surface area (Å²) in [6.07, 6.45) is 1.56. The largest absolute Gasteiger partial charge is 0.478 e. The molecule has 0 aliphatic rings. The summed E-state index contributed by atoms with van der Waals surface area (Å²) in [5.41, 5.74) is 0.134. The van der Waals surface area contributed by atoms with Gasteiger partial charge >= 0.3 is 11.9 Å². The van der Waals surface area contributed by atoms with Crippen LogP contribution in [0.15, 0.2) is 30.5 Å². The van der Waals surface area contributed by atoms with Gasteiger partial charge in [0.25, 0.3) is 0 Å². The van der Waals surface area contributed by atoms with Crippen LogP contribution in [-0.4, -0.2) is 35.2 Å². The van der Waals surface area contributed by atoms with Crippen LogP contribution in [0, 0.1) is 0 Å². The Labute approximate surface area is 115 Å². The Morgan fingerprint density at radius 1 is 1.35 bits per heavy atom. The summed E-state index contributed by atoms with van der Waals surface area (Å²) in [6, 6.07) is 6.05. The van der Waals surface area contributed by atoms with E-state index in [9.17, 15) is 14.7 Å². The standard InChI is InChI=1S/C14H14N2O4/c1-8(14(19)20-2)16-12-11-9(6-7-15-12)4-3-5-10(11)13(17)18/h3-8H,1-2H3,(H,15,16)(H,17,18). The van der Waals surface area contributed by atoms with Crippen LogP contribution in [0.25, 0.3) is 10.8 Å². The number of fused-ring (bicyclic) bond motifs is 1. The van der Waals surface area contributed by atoms with Gasteiger partial charge in [-0.25, -0.2) is 14.6 Å². The minimum atomic E-state index is -1.04. The minimum Gasteiger partial charge on any atom is -0.478 e. The highest BCUT2D eigenvalue weighted by Crippen LogP contribution is 2.25. The van der Waals surface area contributed by atoms with Gasteiger partial charge in [0, 0.05) is 11.6 Å². The number of methoxy groups -OCH3 is 1. The number of aromatic nitrogens is 1. The fraction of sp³-hybridized carbons (Fsp3) is 0.214. The van der Waals surface area contributed by atoms with Gasteiger partial charge in [0.05, 0.1) is 12.7 Å². The van der Waals surface area contributed by atoms with Crippen LogP contribution in [0.4, 0.5) is 5.82 Å². The van der Waals surface area contributed by atoms with E-state index in [2.05, 4.69) is 15.0 Å². The zero-order valence-corrected chi connectivity index (χ0v) is 11.1. The number of rotatable bonds is 4. The smallest absolute Gasteiger partial charge is 0.336 e. The fourth-order valence-electron chi connectivity index (χ4n) is 1.96. The molecule has 0 saturated carbocycles. The molecule has 0 aliphatic carbocycles. The molecule has 0 radical (unpaired) electrons. The van der Waals surface area contributed by atoms with Crippen LogP contribution < -0.4 is 5.32 Å². The summed E-state index contributed by atoms with van der Waals surface area (Å²) in [5, 5.41) is 13.3. The van der Waals surface area contributed by atoms with Crippen molar-refractivity contribution in [3.05, 3.63) is 36.0 Å². The maximum absolute atomic E-state index is 11.4. The molecule has 0 bridgehead atoms. The maximum Gasteiger partial charge on any atom is 0.336 e. The third kappa shape index (κ3) is 2.54. The van der Waals surface area contributed by atoms with Gasteiger partial charge in [-0.2, -0.15) is 0 Å². The first-order valence-electron chi connectivity index (χ1n) is 6.00. The number of carboxylic acids is 1. The van der Waals surface area contributed by atoms with E-state index < -0.39 is 18.0 Å². The lowest BCUT2D eigenvalue weighted by Gasteiger charge is -2.14. The Balaban J connectivity index is 2.53. The van der Waals surface area contributed by atoms with Gasteiger partial charge in [-0.15, -0.1) is 0 Å². The van der Waals surface area contributed by atoms with Gasteiger partial charge in [-0.05, 0) is 24.4 Å². The fourth-order valence-corrected chi connectivity index (χ4v) is 1.96. The molecular weight excluding hydrogens is 260 g/mol. The Kier molecular flexibility index (Phi) is 3.84. The Hall–Kier alpha value is -2.63. The molecule has 0 spiro atoms. The molecule has 0 fully saturated rings. The van der Waals surface area contributed by atoms with E-state index in [1.807, 2.05) is 0 Å². The number of pyridine rings is 1. The second-order valence-corrected chi connectivity index (χ2v) is 4.26. The van der Waals surface area contributed by atoms with E-state index >= 15 is 0 Å². The Morgan fingerprint density at radius 3 is 2.75 bits per heavy atom. The Bertz CT molecular complexity index is 664. The number of benzene rings is 1. The van der Waals surface area contributed by atoms with Crippen molar-refractivity contribution in [3.8, 4) is 0 Å². The number of carbonyl (C=O) groups excluding carboxylic acids is 1. The second kappa shape index (κ2) is 5.56. The number of nitrogens with one attached hydrogen (secondary N) is 1. The van der Waals surface area contributed by atoms with E-state index in [4.69, 9.17) is 0 Å². The molecule has 6 nitrogen and oxygen atoms in total. The highest BCUT2D eigenvalue weighted by Gasteiger charge is 2.17. The number of hydrogen-bond donors (Lipinski definition) is 2. The first-order valence-corrected chi connectivity index (χ1v) is 6.00. The number of anilines is 1. The summed E-state index contributed by atoms with van der Waals surface area (Å²) < 4.78 is 4.63. The number of carbonyl (C=O) groups is 2. The van der Waals surface area contributed by atoms with Gasteiger partial charge in [-0.1, -0.05) is 12.1 Å². The molecule has 1 atom stereocenters. The van der Waals surface area contributed by atoms with Crippen LogP contribution in [0.5, 0.6) is 0 Å². The second-order valence-electron chi connectivity index (χ2n) is 4.26. The first kappa shape index (κ1) is 13.8. The molecule has 104 valence electrons. The third-order valence-electron chi connectivity index (χ3n) is 2.93. The molecule has 1 aromatic carbocycles. The van der Waals surface area contributed by atoms with Crippen molar-refractivity contribution in [2.75, 3.05) is 12.4 Å². The zero-order chi connectivity index (χ0) is 14.7. The van der Waals surface area contributed by atoms with Crippen LogP contribution in [0.1, 0.15) is 17.3 Å². The predicted molar refractivity (Wildman–Crippen MR) is 73.8 cm³/mol. The van der Waals surface area contributed by atoms with Gasteiger partial charge in [0.15, 0.2) is 0 Å². The SMILES string of the molecule is COC(=O)C(C)Nc1nccc2cccc(C(=O)O)c12. The molecule has 2 aromatic rings. The van der Waals surface area contributed by atoms with Crippen molar-refractivity contribution in [1.29, 1.82) is 0 Å². The Morgan fingerprint density at radius 2 is 2.10 bits per heavy atom. The molecule has 2 N–H and O–H groups in total. The first-order chi connectivity index (χ1) is 9.54.